The van der Waals surface area contributed by atoms with Gasteiger partial charge in [0.25, 0.3) is 0 Å². The van der Waals surface area contributed by atoms with E-state index < -0.39 is 0 Å². The minimum atomic E-state index is -0.314. The molecule has 104 valence electrons. The smallest absolute Gasteiger partial charge is 0.323 e. The largest absolute Gasteiger partial charge is 0.465 e. The quantitative estimate of drug-likeness (QED) is 0.797. The van der Waals surface area contributed by atoms with Crippen LogP contribution in [-0.2, 0) is 16.1 Å². The molecular weight excluding hydrogens is 269 g/mol. The molecule has 19 heavy (non-hydrogen) atoms. The third-order valence-electron chi connectivity index (χ3n) is 3.30. The van der Waals surface area contributed by atoms with E-state index in [0.717, 1.165) is 19.4 Å². The highest BCUT2D eigenvalue weighted by molar-refractivity contribution is 6.31. The zero-order valence-corrected chi connectivity index (χ0v) is 11.6. The highest BCUT2D eigenvalue weighted by atomic mass is 35.5. The first-order valence-corrected chi connectivity index (χ1v) is 6.84. The van der Waals surface area contributed by atoms with Crippen molar-refractivity contribution in [2.24, 2.45) is 0 Å². The number of ether oxygens (including phenoxy) is 1. The maximum Gasteiger partial charge on any atom is 0.323 e. The first-order valence-electron chi connectivity index (χ1n) is 6.46. The molecule has 1 aliphatic heterocycles. The summed E-state index contributed by atoms with van der Waals surface area (Å²) in [5.74, 6) is -0.515. The monoisotopic (exact) mass is 285 g/mol. The molecule has 2 rings (SSSR count). The zero-order chi connectivity index (χ0) is 13.8. The van der Waals surface area contributed by atoms with Gasteiger partial charge in [-0.3, -0.25) is 9.69 Å². The number of hydrogen-bond donors (Lipinski definition) is 0. The van der Waals surface area contributed by atoms with Crippen molar-refractivity contribution >= 4 is 17.6 Å². The zero-order valence-electron chi connectivity index (χ0n) is 10.9. The number of carbonyl (C=O) groups is 1. The molecule has 1 aromatic carbocycles. The lowest BCUT2D eigenvalue weighted by Crippen LogP contribution is -2.36. The predicted octanol–water partition coefficient (Wildman–Crippen LogP) is 3.01. The van der Waals surface area contributed by atoms with Gasteiger partial charge in [-0.15, -0.1) is 0 Å². The Morgan fingerprint density at radius 2 is 2.37 bits per heavy atom. The van der Waals surface area contributed by atoms with Gasteiger partial charge in [0.15, 0.2) is 0 Å². The molecule has 0 aromatic heterocycles. The van der Waals surface area contributed by atoms with Crippen molar-refractivity contribution in [3.63, 3.8) is 0 Å². The predicted molar refractivity (Wildman–Crippen MR) is 71.5 cm³/mol. The number of halogens is 2. The Kier molecular flexibility index (Phi) is 4.77. The van der Waals surface area contributed by atoms with Crippen molar-refractivity contribution in [1.82, 2.24) is 4.90 Å². The van der Waals surface area contributed by atoms with Gasteiger partial charge < -0.3 is 4.74 Å². The van der Waals surface area contributed by atoms with Gasteiger partial charge in [0.1, 0.15) is 11.9 Å². The van der Waals surface area contributed by atoms with E-state index in [4.69, 9.17) is 16.3 Å². The number of likely N-dealkylation sites (tertiary alicyclic amines) is 1. The molecule has 0 saturated carbocycles. The van der Waals surface area contributed by atoms with Gasteiger partial charge in [0.2, 0.25) is 0 Å². The SMILES string of the molecule is CCOC(=O)C1CCCN1Cc1cc(F)ccc1Cl. The van der Waals surface area contributed by atoms with Crippen LogP contribution in [0.1, 0.15) is 25.3 Å². The number of benzene rings is 1. The van der Waals surface area contributed by atoms with Crippen LogP contribution >= 0.6 is 11.6 Å². The molecule has 0 amide bonds. The third kappa shape index (κ3) is 3.45. The fourth-order valence-corrected chi connectivity index (χ4v) is 2.58. The number of nitrogens with zero attached hydrogens (tertiary/aromatic N) is 1. The van der Waals surface area contributed by atoms with Gasteiger partial charge in [-0.1, -0.05) is 11.6 Å². The van der Waals surface area contributed by atoms with Gasteiger partial charge in [-0.05, 0) is 50.1 Å². The average Bonchev–Trinajstić information content (AvgIpc) is 2.82. The molecule has 1 aromatic rings. The van der Waals surface area contributed by atoms with Crippen LogP contribution in [0, 0.1) is 5.82 Å². The fourth-order valence-electron chi connectivity index (χ4n) is 2.40. The number of esters is 1. The van der Waals surface area contributed by atoms with Crippen LogP contribution in [0.2, 0.25) is 5.02 Å². The second-order valence-electron chi connectivity index (χ2n) is 4.62. The van der Waals surface area contributed by atoms with Crippen LogP contribution in [0.25, 0.3) is 0 Å². The number of rotatable bonds is 4. The summed E-state index contributed by atoms with van der Waals surface area (Å²) in [4.78, 5) is 13.8. The van der Waals surface area contributed by atoms with Gasteiger partial charge in [-0.25, -0.2) is 4.39 Å². The number of hydrogen-bond acceptors (Lipinski definition) is 3. The van der Waals surface area contributed by atoms with E-state index >= 15 is 0 Å². The Hall–Kier alpha value is -1.13. The van der Waals surface area contributed by atoms with E-state index in [9.17, 15) is 9.18 Å². The van der Waals surface area contributed by atoms with Crippen LogP contribution in [0.15, 0.2) is 18.2 Å². The lowest BCUT2D eigenvalue weighted by atomic mass is 10.1. The fraction of sp³-hybridized carbons (Fsp3) is 0.500. The topological polar surface area (TPSA) is 29.5 Å². The van der Waals surface area contributed by atoms with Crippen molar-refractivity contribution in [2.45, 2.75) is 32.4 Å². The van der Waals surface area contributed by atoms with Gasteiger partial charge >= 0.3 is 5.97 Å². The summed E-state index contributed by atoms with van der Waals surface area (Å²) >= 11 is 6.05. The van der Waals surface area contributed by atoms with Crippen LogP contribution in [0.3, 0.4) is 0 Å². The second-order valence-corrected chi connectivity index (χ2v) is 5.02. The Bertz CT molecular complexity index is 467. The molecule has 1 heterocycles. The minimum absolute atomic E-state index is 0.201. The summed E-state index contributed by atoms with van der Waals surface area (Å²) in [6.07, 6.45) is 1.72. The van der Waals surface area contributed by atoms with Gasteiger partial charge in [0.05, 0.1) is 6.61 Å². The minimum Gasteiger partial charge on any atom is -0.465 e. The summed E-state index contributed by atoms with van der Waals surface area (Å²) in [7, 11) is 0. The molecule has 0 aliphatic carbocycles. The van der Waals surface area contributed by atoms with Crippen LogP contribution in [0.4, 0.5) is 4.39 Å². The van der Waals surface area contributed by atoms with E-state index in [1.807, 2.05) is 4.90 Å². The first-order chi connectivity index (χ1) is 9.11. The lowest BCUT2D eigenvalue weighted by Gasteiger charge is -2.23. The van der Waals surface area contributed by atoms with Crippen LogP contribution in [0.5, 0.6) is 0 Å². The Labute approximate surface area is 117 Å². The van der Waals surface area contributed by atoms with Crippen molar-refractivity contribution in [3.8, 4) is 0 Å². The molecule has 1 unspecified atom stereocenters. The van der Waals surface area contributed by atoms with Crippen molar-refractivity contribution in [3.05, 3.63) is 34.6 Å². The van der Waals surface area contributed by atoms with Crippen molar-refractivity contribution in [1.29, 1.82) is 0 Å². The molecule has 1 fully saturated rings. The highest BCUT2D eigenvalue weighted by Gasteiger charge is 2.31. The van der Waals surface area contributed by atoms with E-state index in [2.05, 4.69) is 0 Å². The first kappa shape index (κ1) is 14.3. The Balaban J connectivity index is 2.09. The van der Waals surface area contributed by atoms with Crippen molar-refractivity contribution < 1.29 is 13.9 Å². The molecule has 3 nitrogen and oxygen atoms in total. The number of carbonyl (C=O) groups excluding carboxylic acids is 1. The molecule has 5 heteroatoms. The summed E-state index contributed by atoms with van der Waals surface area (Å²) < 4.78 is 18.3. The molecule has 0 N–H and O–H groups in total. The van der Waals surface area contributed by atoms with Crippen molar-refractivity contribution in [2.75, 3.05) is 13.2 Å². The molecule has 1 atom stereocenters. The normalized spacial score (nSPS) is 19.6. The highest BCUT2D eigenvalue weighted by Crippen LogP contribution is 2.25. The van der Waals surface area contributed by atoms with E-state index in [1.54, 1.807) is 13.0 Å². The maximum absolute atomic E-state index is 13.2. The molecule has 1 saturated heterocycles. The summed E-state index contributed by atoms with van der Waals surface area (Å²) in [6, 6.07) is 4.06. The lowest BCUT2D eigenvalue weighted by molar-refractivity contribution is -0.148. The van der Waals surface area contributed by atoms with E-state index in [1.165, 1.54) is 12.1 Å². The summed E-state index contributed by atoms with van der Waals surface area (Å²) in [6.45, 7) is 3.45. The molecule has 0 spiro atoms. The maximum atomic E-state index is 13.2. The van der Waals surface area contributed by atoms with Gasteiger partial charge in [0, 0.05) is 11.6 Å². The summed E-state index contributed by atoms with van der Waals surface area (Å²) in [5.41, 5.74) is 0.706. The second kappa shape index (κ2) is 6.35. The Morgan fingerprint density at radius 3 is 3.11 bits per heavy atom. The Morgan fingerprint density at radius 1 is 1.58 bits per heavy atom. The molecule has 1 aliphatic rings. The van der Waals surface area contributed by atoms with E-state index in [0.29, 0.717) is 23.7 Å². The molecule has 0 radical (unpaired) electrons. The van der Waals surface area contributed by atoms with E-state index in [-0.39, 0.29) is 17.8 Å². The molecular formula is C14H17ClFNO2. The summed E-state index contributed by atoms with van der Waals surface area (Å²) in [5, 5.41) is 0.524. The standard InChI is InChI=1S/C14H17ClFNO2/c1-2-19-14(18)13-4-3-7-17(13)9-10-8-11(16)5-6-12(10)15/h5-6,8,13H,2-4,7,9H2,1H3. The third-order valence-corrected chi connectivity index (χ3v) is 3.67. The van der Waals surface area contributed by atoms with Crippen LogP contribution in [-0.4, -0.2) is 30.1 Å². The van der Waals surface area contributed by atoms with Crippen LogP contribution < -0.4 is 0 Å². The average molecular weight is 286 g/mol. The van der Waals surface area contributed by atoms with Gasteiger partial charge in [-0.2, -0.15) is 0 Å². The molecule has 0 bridgehead atoms.